The van der Waals surface area contributed by atoms with Gasteiger partial charge in [0, 0.05) is 81.0 Å². The molecule has 1 N–H and O–H groups in total. The average molecular weight is 2210 g/mol. The zero-order valence-electron chi connectivity index (χ0n) is 95.5. The van der Waals surface area contributed by atoms with Gasteiger partial charge >= 0.3 is 118 Å². The van der Waals surface area contributed by atoms with Crippen LogP contribution in [0.15, 0.2) is 48.5 Å². The Morgan fingerprint density at radius 2 is 0.899 bits per heavy atom. The largest absolute Gasteiger partial charge is 0.508 e. The predicted octanol–water partition coefficient (Wildman–Crippen LogP) is 23.3. The lowest BCUT2D eigenvalue weighted by molar-refractivity contribution is -0.231. The van der Waals surface area contributed by atoms with Crippen molar-refractivity contribution in [1.29, 1.82) is 5.26 Å². The van der Waals surface area contributed by atoms with Crippen LogP contribution in [-0.4, -0.2) is 178 Å². The molecule has 20 rings (SSSR count). The number of carbonyl (C=O) groups is 8. The van der Waals surface area contributed by atoms with E-state index >= 15 is 0 Å². The lowest BCUT2D eigenvalue weighted by Crippen LogP contribution is -2.86. The number of nitrogens with zero attached hydrogens (tertiary/aromatic N) is 1. The molecule has 31 nitrogen and oxygen atoms in total. The van der Waals surface area contributed by atoms with Gasteiger partial charge in [0.05, 0.1) is 45.7 Å². The summed E-state index contributed by atoms with van der Waals surface area (Å²) >= 11 is 0. The van der Waals surface area contributed by atoms with Crippen LogP contribution in [0.5, 0.6) is 11.5 Å². The zero-order chi connectivity index (χ0) is 110. The van der Waals surface area contributed by atoms with Crippen molar-refractivity contribution in [2.24, 2.45) is 97.1 Å². The van der Waals surface area contributed by atoms with E-state index in [4.69, 9.17) is 97.1 Å². The van der Waals surface area contributed by atoms with Gasteiger partial charge in [-0.1, -0.05) is 135 Å². The fraction of sp³-hybridized carbons (Fsp3) is 0.807. The van der Waals surface area contributed by atoms with Gasteiger partial charge in [0.1, 0.15) is 52.7 Å². The summed E-state index contributed by atoms with van der Waals surface area (Å²) in [6, 6.07) is 17.6. The molecule has 0 spiro atoms. The van der Waals surface area contributed by atoms with E-state index in [0.29, 0.717) is 66.3 Å². The van der Waals surface area contributed by atoms with Gasteiger partial charge in [0.25, 0.3) is 0 Å². The summed E-state index contributed by atoms with van der Waals surface area (Å²) in [7, 11) is -29.1. The second-order valence-corrected chi connectivity index (χ2v) is 74.7. The Labute approximate surface area is 892 Å². The van der Waals surface area contributed by atoms with Crippen molar-refractivity contribution in [1.82, 2.24) is 0 Å². The lowest BCUT2D eigenvalue weighted by Gasteiger charge is -2.62. The van der Waals surface area contributed by atoms with Gasteiger partial charge in [-0.15, -0.1) is 0 Å². The number of rotatable bonds is 28. The molecule has 8 heterocycles. The molecule has 10 saturated carbocycles. The summed E-state index contributed by atoms with van der Waals surface area (Å²) in [4.78, 5) is 97.5. The minimum atomic E-state index is -3.83. The summed E-state index contributed by atoms with van der Waals surface area (Å²) in [6.45, 7) is 65.5. The SMILES string of the molecule is CCC(C)(C)C(=O)OC1(C(C)(C)C)CCCC1.CCC(C)(C)C(=O)OC1(C(C)C)C2CC3CC(C2)CC1C3.CCC(C)(C)C(=O)OC1C2CC3C(=O)OC1C3C2.CCC(C)(C)C(=O)OC1C2CC3C1OC(=O)C3(C#N)C2.CCC(C)(C)c1ccc(O)cc1.CCC(C)c1ccc(OCC(=O)OCCC[Si]23O[Si]4(C)O[Si]5(C)O[Si]6(C)O[Si](C)(O4)O[Si](C)(O[Si](C)(O6)O[Si](C)(O5)O2)O3)cc1.CCC1(OC(=O)C(C)(C)CC)CCCC1. The van der Waals surface area contributed by atoms with Crippen LogP contribution in [0, 0.1) is 108 Å². The molecule has 10 aliphatic carbocycles. The first-order chi connectivity index (χ1) is 68.5. The Bertz CT molecular complexity index is 4900. The van der Waals surface area contributed by atoms with Crippen molar-refractivity contribution < 1.29 is 135 Å². The first-order valence-electron chi connectivity index (χ1n) is 55.6. The number of nitriles is 1. The average Bonchev–Trinajstić information content (AvgIpc) is 1.39. The molecule has 148 heavy (non-hydrogen) atoms. The van der Waals surface area contributed by atoms with E-state index in [0.717, 1.165) is 102 Å². The van der Waals surface area contributed by atoms with Crippen LogP contribution in [-0.2, 0) is 131 Å². The van der Waals surface area contributed by atoms with Crippen molar-refractivity contribution in [2.45, 2.75) is 451 Å². The summed E-state index contributed by atoms with van der Waals surface area (Å²) in [5, 5.41) is 18.4. The molecular weight excluding hydrogens is 2030 g/mol. The second-order valence-electron chi connectivity index (χ2n) is 51.0. The van der Waals surface area contributed by atoms with Crippen molar-refractivity contribution in [3.63, 3.8) is 0 Å². The van der Waals surface area contributed by atoms with Crippen LogP contribution in [0.25, 0.3) is 0 Å². The first-order valence-corrected chi connectivity index (χ1v) is 73.1. The van der Waals surface area contributed by atoms with Gasteiger partial charge < -0.3 is 97.1 Å². The highest BCUT2D eigenvalue weighted by Gasteiger charge is 2.80. The normalized spacial score (nSPS) is 35.8. The first kappa shape index (κ1) is 121. The van der Waals surface area contributed by atoms with E-state index in [1.54, 1.807) is 58.0 Å². The van der Waals surface area contributed by atoms with Crippen molar-refractivity contribution in [3.05, 3.63) is 59.7 Å². The van der Waals surface area contributed by atoms with E-state index < -0.39 is 105 Å². The highest BCUT2D eigenvalue weighted by atomic mass is 28.6. The number of esters is 8. The maximum Gasteiger partial charge on any atom is 0.478 e. The number of phenols is 1. The molecule has 2 aromatic carbocycles. The van der Waals surface area contributed by atoms with E-state index in [9.17, 15) is 43.6 Å². The van der Waals surface area contributed by atoms with Gasteiger partial charge in [-0.05, 0) is 312 Å². The topological polar surface area (TPSA) is 374 Å². The molecule has 8 saturated heterocycles. The predicted molar refractivity (Wildman–Crippen MR) is 571 cm³/mol. The highest BCUT2D eigenvalue weighted by Crippen LogP contribution is 2.65. The van der Waals surface area contributed by atoms with E-state index in [1.807, 2.05) is 133 Å². The lowest BCUT2D eigenvalue weighted by atomic mass is 9.47. The number of ether oxygens (including phenoxy) is 9. The zero-order valence-corrected chi connectivity index (χ0v) is 104. The summed E-state index contributed by atoms with van der Waals surface area (Å²) in [6.07, 6.45) is 24.8. The van der Waals surface area contributed by atoms with Crippen molar-refractivity contribution >= 4 is 118 Å². The third kappa shape index (κ3) is 26.3. The van der Waals surface area contributed by atoms with Gasteiger partial charge in [0.15, 0.2) is 12.0 Å². The molecule has 8 aliphatic heterocycles. The Hall–Kier alpha value is -5.45. The molecule has 0 aromatic heterocycles. The van der Waals surface area contributed by atoms with E-state index in [2.05, 4.69) is 89.2 Å². The maximum absolute atomic E-state index is 12.8. The quantitative estimate of drug-likeness (QED) is 0.0358. The molecule has 2 aromatic rings. The van der Waals surface area contributed by atoms with Gasteiger partial charge in [-0.25, -0.2) is 4.79 Å². The van der Waals surface area contributed by atoms with Crippen LogP contribution in [0.3, 0.4) is 0 Å². The molecule has 834 valence electrons. The third-order valence-corrected chi connectivity index (χ3v) is 72.0. The van der Waals surface area contributed by atoms with E-state index in [1.165, 1.54) is 68.9 Å². The number of hydrogen-bond donors (Lipinski definition) is 1. The number of aromatic hydroxyl groups is 1. The van der Waals surface area contributed by atoms with Crippen LogP contribution in [0.1, 0.15) is 364 Å². The Balaban J connectivity index is 0.000000162. The minimum Gasteiger partial charge on any atom is -0.508 e. The van der Waals surface area contributed by atoms with Crippen LogP contribution < -0.4 is 4.74 Å². The van der Waals surface area contributed by atoms with Crippen molar-refractivity contribution in [2.75, 3.05) is 13.2 Å². The number of carbonyl (C=O) groups excluding carboxylic acids is 8. The number of fused-ring (bicyclic) bond motifs is 2. The molecule has 11 atom stereocenters. The standard InChI is InChI=1S/C22H42O15Si8.C19H32O2.C15H19NO4.C15H28O2.C14H20O4.C13H24O2.C11H16O/c1-10-19(2)20-12-14-21(15-13-20)25-18-22(23)24-16-11-17-45-35-42(7)29-39(4)26-38(3)27-40(5,31-42)33-44(9,37-45)34-41(6,28-38)32-43(8,30-39)36-45;1-6-18(4,5)17(20)21-19(12(2)3)15-8-13-7-14(10-15)11-16(19)9-13;1-4-14(2,3)12(17)19-10-8-5-9-11(10)20-13(18)15(9,6-8)7-16;1-7-14(5,6)12(16)17-15(13(2,3)4)10-8-9-11-15;1-4-14(2,3)13(16)18-10-7-5-8-9(6-7)12(15)17-11(8)10;1-5-12(3,4)11(14)15-13(6-2)9-7-8-10-13;1-4-11(2,3)9-5-7-10(12)8-6-9/h12-15,19H,10-11,16-18H2,1-9H3;12-16H,6-11H2,1-5H3;8-11H,4-6H2,1-3H3;7-11H2,1-6H3;7-11H,4-6H2,1-3H3;5-10H2,1-4H3;5-8,12H,4H2,1-3H3. The molecule has 18 fully saturated rings. The number of hydrogen-bond acceptors (Lipinski definition) is 31. The Kier molecular flexibility index (Phi) is 37.0. The van der Waals surface area contributed by atoms with Crippen LogP contribution >= 0.6 is 0 Å². The smallest absolute Gasteiger partial charge is 0.478 e. The molecular formula is C109H181NO30Si8. The molecule has 0 radical (unpaired) electrons. The molecule has 16 bridgehead atoms. The molecule has 18 aliphatic rings. The summed E-state index contributed by atoms with van der Waals surface area (Å²) in [5.41, 5.74) is -0.795. The monoisotopic (exact) mass is 2210 g/mol. The summed E-state index contributed by atoms with van der Waals surface area (Å²) in [5.74, 6) is 4.12. The highest BCUT2D eigenvalue weighted by molar-refractivity contribution is 7.02. The minimum absolute atomic E-state index is 0.0197. The second kappa shape index (κ2) is 45.3. The Morgan fingerprint density at radius 3 is 1.31 bits per heavy atom. The number of phenolic OH excluding ortho intramolecular Hbond substituents is 1. The van der Waals surface area contributed by atoms with Gasteiger partial charge in [-0.2, -0.15) is 5.26 Å². The molecule has 11 unspecified atom stereocenters. The third-order valence-electron chi connectivity index (χ3n) is 36.2. The maximum atomic E-state index is 12.8. The van der Waals surface area contributed by atoms with E-state index in [-0.39, 0.29) is 135 Å². The summed E-state index contributed by atoms with van der Waals surface area (Å²) < 4.78 is 131. The van der Waals surface area contributed by atoms with Crippen LogP contribution in [0.4, 0.5) is 0 Å². The Morgan fingerprint density at radius 1 is 0.480 bits per heavy atom. The van der Waals surface area contributed by atoms with Crippen LogP contribution in [0.2, 0.25) is 51.9 Å². The molecule has 39 heteroatoms. The fourth-order valence-corrected chi connectivity index (χ4v) is 70.5. The van der Waals surface area contributed by atoms with Gasteiger partial charge in [-0.3, -0.25) is 33.6 Å². The van der Waals surface area contributed by atoms with Gasteiger partial charge in [0.2, 0.25) is 0 Å². The fourth-order valence-electron chi connectivity index (χ4n) is 24.7. The molecule has 0 amide bonds. The number of benzene rings is 2. The van der Waals surface area contributed by atoms with Crippen molar-refractivity contribution in [3.8, 4) is 17.6 Å².